The van der Waals surface area contributed by atoms with E-state index in [1.54, 1.807) is 31.7 Å². The Kier molecular flexibility index (Phi) is 11.7. The molecule has 0 radical (unpaired) electrons. The molecule has 37 heavy (non-hydrogen) atoms. The van der Waals surface area contributed by atoms with Crippen molar-refractivity contribution in [2.75, 3.05) is 6.54 Å². The van der Waals surface area contributed by atoms with Crippen LogP contribution in [0.25, 0.3) is 6.08 Å². The summed E-state index contributed by atoms with van der Waals surface area (Å²) in [5.74, 6) is -0.587. The first-order valence-corrected chi connectivity index (χ1v) is 13.8. The highest BCUT2D eigenvalue weighted by Crippen LogP contribution is 2.35. The third kappa shape index (κ3) is 8.90. The van der Waals surface area contributed by atoms with Crippen molar-refractivity contribution in [2.45, 2.75) is 110 Å². The number of nitrogens with zero attached hydrogens (tertiary/aromatic N) is 1. The first kappa shape index (κ1) is 30.4. The number of benzene rings is 1. The van der Waals surface area contributed by atoms with Crippen molar-refractivity contribution in [3.63, 3.8) is 0 Å². The molecule has 3 unspecified atom stereocenters. The van der Waals surface area contributed by atoms with Crippen molar-refractivity contribution in [3.05, 3.63) is 42.0 Å². The predicted octanol–water partition coefficient (Wildman–Crippen LogP) is 6.00. The van der Waals surface area contributed by atoms with Crippen molar-refractivity contribution in [2.24, 2.45) is 5.92 Å². The number of unbranched alkanes of at least 4 members (excludes halogenated alkanes) is 2. The van der Waals surface area contributed by atoms with E-state index >= 15 is 0 Å². The largest absolute Gasteiger partial charge is 0.444 e. The van der Waals surface area contributed by atoms with Gasteiger partial charge in [-0.1, -0.05) is 70.9 Å². The van der Waals surface area contributed by atoms with Crippen LogP contribution in [0.15, 0.2) is 30.8 Å². The third-order valence-corrected chi connectivity index (χ3v) is 6.94. The van der Waals surface area contributed by atoms with Gasteiger partial charge in [0.05, 0.1) is 0 Å². The van der Waals surface area contributed by atoms with Gasteiger partial charge in [-0.15, -0.1) is 0 Å². The molecule has 7 nitrogen and oxygen atoms in total. The molecule has 2 rings (SSSR count). The van der Waals surface area contributed by atoms with Gasteiger partial charge in [0.25, 0.3) is 0 Å². The lowest BCUT2D eigenvalue weighted by Gasteiger charge is -2.44. The van der Waals surface area contributed by atoms with Gasteiger partial charge in [-0.25, -0.2) is 4.79 Å². The molecule has 0 saturated heterocycles. The van der Waals surface area contributed by atoms with E-state index in [1.165, 1.54) is 0 Å². The number of alkyl carbamates (subject to hydrolysis) is 1. The monoisotopic (exact) mass is 513 g/mol. The topological polar surface area (TPSA) is 87.7 Å². The van der Waals surface area contributed by atoms with E-state index in [4.69, 9.17) is 4.74 Å². The van der Waals surface area contributed by atoms with Crippen LogP contribution in [-0.4, -0.2) is 47.0 Å². The summed E-state index contributed by atoms with van der Waals surface area (Å²) in [5, 5.41) is 5.91. The molecule has 0 aromatic heterocycles. The van der Waals surface area contributed by atoms with Crippen molar-refractivity contribution in [1.29, 1.82) is 0 Å². The summed E-state index contributed by atoms with van der Waals surface area (Å²) in [6.07, 6.45) is 7.41. The van der Waals surface area contributed by atoms with Crippen molar-refractivity contribution >= 4 is 24.0 Å². The quantitative estimate of drug-likeness (QED) is 0.317. The smallest absolute Gasteiger partial charge is 0.408 e. The molecule has 1 aliphatic rings. The average Bonchev–Trinajstić information content (AvgIpc) is 2.81. The van der Waals surface area contributed by atoms with E-state index < -0.39 is 23.8 Å². The Balaban J connectivity index is 2.48. The van der Waals surface area contributed by atoms with Crippen LogP contribution in [0.5, 0.6) is 0 Å². The molecule has 0 spiro atoms. The van der Waals surface area contributed by atoms with E-state index in [9.17, 15) is 14.4 Å². The van der Waals surface area contributed by atoms with E-state index in [1.807, 2.05) is 38.1 Å². The maximum atomic E-state index is 14.3. The van der Waals surface area contributed by atoms with Gasteiger partial charge in [0, 0.05) is 12.6 Å². The summed E-state index contributed by atoms with van der Waals surface area (Å²) in [6.45, 7) is 15.8. The third-order valence-electron chi connectivity index (χ3n) is 6.94. The van der Waals surface area contributed by atoms with Crippen molar-refractivity contribution in [1.82, 2.24) is 15.5 Å². The molecule has 0 heterocycles. The first-order chi connectivity index (χ1) is 17.5. The molecule has 3 amide bonds. The molecule has 0 bridgehead atoms. The predicted molar refractivity (Wildman–Crippen MR) is 149 cm³/mol. The van der Waals surface area contributed by atoms with Crippen LogP contribution in [0.4, 0.5) is 4.79 Å². The zero-order valence-electron chi connectivity index (χ0n) is 23.6. The van der Waals surface area contributed by atoms with Crippen LogP contribution in [0, 0.1) is 5.92 Å². The molecule has 1 aromatic rings. The van der Waals surface area contributed by atoms with E-state index in [-0.39, 0.29) is 23.8 Å². The number of rotatable bonds is 13. The normalized spacial score (nSPS) is 16.1. The van der Waals surface area contributed by atoms with Crippen LogP contribution >= 0.6 is 0 Å². The second-order valence-electron chi connectivity index (χ2n) is 11.1. The molecule has 2 N–H and O–H groups in total. The van der Waals surface area contributed by atoms with Gasteiger partial charge in [0.15, 0.2) is 0 Å². The maximum Gasteiger partial charge on any atom is 0.408 e. The Bertz CT molecular complexity index is 920. The fourth-order valence-electron chi connectivity index (χ4n) is 4.44. The van der Waals surface area contributed by atoms with Gasteiger partial charge in [0.1, 0.15) is 17.7 Å². The van der Waals surface area contributed by atoms with Crippen LogP contribution in [-0.2, 0) is 14.3 Å². The Morgan fingerprint density at radius 3 is 2.43 bits per heavy atom. The van der Waals surface area contributed by atoms with Gasteiger partial charge in [0.2, 0.25) is 11.8 Å². The standard InChI is InChI=1S/C30H47N3O4/c1-8-11-12-19-31-27(34)26(23-16-13-15-22(10-3)20-23)33(24-17-14-18-24)28(35)25(21(4)9-2)32-29(36)37-30(5,6)7/h10,13,15-16,20-21,24-26H,3,8-9,11-12,14,17-19H2,1-2,4-7H3,(H,31,34)(H,32,36). The van der Waals surface area contributed by atoms with Crippen molar-refractivity contribution in [3.8, 4) is 0 Å². The maximum absolute atomic E-state index is 14.3. The summed E-state index contributed by atoms with van der Waals surface area (Å²) >= 11 is 0. The Hall–Kier alpha value is -2.83. The van der Waals surface area contributed by atoms with Gasteiger partial charge < -0.3 is 20.3 Å². The van der Waals surface area contributed by atoms with Gasteiger partial charge in [-0.05, 0) is 69.6 Å². The number of ether oxygens (including phenoxy) is 1. The number of amides is 3. The molecule has 1 fully saturated rings. The lowest BCUT2D eigenvalue weighted by molar-refractivity contribution is -0.148. The minimum Gasteiger partial charge on any atom is -0.444 e. The Morgan fingerprint density at radius 1 is 1.19 bits per heavy atom. The number of hydrogen-bond acceptors (Lipinski definition) is 4. The highest BCUT2D eigenvalue weighted by molar-refractivity contribution is 5.92. The highest BCUT2D eigenvalue weighted by atomic mass is 16.6. The summed E-state index contributed by atoms with van der Waals surface area (Å²) in [7, 11) is 0. The first-order valence-electron chi connectivity index (χ1n) is 13.8. The fraction of sp³-hybridized carbons (Fsp3) is 0.633. The number of nitrogens with one attached hydrogen (secondary N) is 2. The summed E-state index contributed by atoms with van der Waals surface area (Å²) in [6, 6.07) is 5.94. The number of carbonyl (C=O) groups is 3. The molecular formula is C30H47N3O4. The minimum absolute atomic E-state index is 0.0710. The molecule has 0 aliphatic heterocycles. The zero-order valence-corrected chi connectivity index (χ0v) is 23.6. The minimum atomic E-state index is -0.807. The fourth-order valence-corrected chi connectivity index (χ4v) is 4.44. The van der Waals surface area contributed by atoms with Crippen LogP contribution < -0.4 is 10.6 Å². The molecule has 1 aliphatic carbocycles. The van der Waals surface area contributed by atoms with Crippen molar-refractivity contribution < 1.29 is 19.1 Å². The average molecular weight is 514 g/mol. The van der Waals surface area contributed by atoms with Crippen LogP contribution in [0.3, 0.4) is 0 Å². The Morgan fingerprint density at radius 2 is 1.89 bits per heavy atom. The van der Waals surface area contributed by atoms with Gasteiger partial charge in [-0.3, -0.25) is 9.59 Å². The summed E-state index contributed by atoms with van der Waals surface area (Å²) < 4.78 is 5.48. The molecular weight excluding hydrogens is 466 g/mol. The molecule has 7 heteroatoms. The summed E-state index contributed by atoms with van der Waals surface area (Å²) in [5.41, 5.74) is 0.936. The molecule has 1 aromatic carbocycles. The SMILES string of the molecule is C=Cc1cccc(C(C(=O)NCCCCC)N(C(=O)C(NC(=O)OC(C)(C)C)C(C)CC)C2CCC2)c1. The second kappa shape index (κ2) is 14.2. The molecule has 206 valence electrons. The lowest BCUT2D eigenvalue weighted by Crippen LogP contribution is -2.59. The van der Waals surface area contributed by atoms with E-state index in [2.05, 4.69) is 24.1 Å². The second-order valence-corrected chi connectivity index (χ2v) is 11.1. The number of carbonyl (C=O) groups excluding carboxylic acids is 3. The Labute approximate surface area is 223 Å². The number of hydrogen-bond donors (Lipinski definition) is 2. The van der Waals surface area contributed by atoms with Gasteiger partial charge in [-0.2, -0.15) is 0 Å². The highest BCUT2D eigenvalue weighted by Gasteiger charge is 2.43. The molecule has 3 atom stereocenters. The van der Waals surface area contributed by atoms with Gasteiger partial charge >= 0.3 is 6.09 Å². The lowest BCUT2D eigenvalue weighted by atomic mass is 9.86. The van der Waals surface area contributed by atoms with Crippen LogP contribution in [0.2, 0.25) is 0 Å². The van der Waals surface area contributed by atoms with E-state index in [0.717, 1.165) is 49.7 Å². The van der Waals surface area contributed by atoms with Crippen LogP contribution in [0.1, 0.15) is 104 Å². The van der Waals surface area contributed by atoms with E-state index in [0.29, 0.717) is 13.0 Å². The zero-order chi connectivity index (χ0) is 27.6. The molecule has 1 saturated carbocycles. The summed E-state index contributed by atoms with van der Waals surface area (Å²) in [4.78, 5) is 42.5.